The summed E-state index contributed by atoms with van der Waals surface area (Å²) in [5.74, 6) is -6.49. The van der Waals surface area contributed by atoms with Crippen LogP contribution in [0.4, 0.5) is 0 Å². The fourth-order valence-electron chi connectivity index (χ4n) is 2.13. The van der Waals surface area contributed by atoms with Gasteiger partial charge in [-0.2, -0.15) is 0 Å². The molecule has 142 valence electrons. The lowest BCUT2D eigenvalue weighted by Gasteiger charge is -2.26. The Labute approximate surface area is 145 Å². The van der Waals surface area contributed by atoms with E-state index in [9.17, 15) is 24.0 Å². The SMILES string of the molecule is CCOC(=O)CCC(=O)N[C@@H](C(N)=O)[C@@H](C)C(C(=O)OC)C(=O)OC. The lowest BCUT2D eigenvalue weighted by atomic mass is 9.86. The van der Waals surface area contributed by atoms with Crippen LogP contribution >= 0.6 is 0 Å². The number of carbonyl (C=O) groups excluding carboxylic acids is 5. The van der Waals surface area contributed by atoms with Crippen molar-refractivity contribution in [2.24, 2.45) is 17.6 Å². The summed E-state index contributed by atoms with van der Waals surface area (Å²) >= 11 is 0. The minimum Gasteiger partial charge on any atom is -0.468 e. The molecule has 3 N–H and O–H groups in total. The van der Waals surface area contributed by atoms with Crippen LogP contribution in [0, 0.1) is 11.8 Å². The molecule has 0 aliphatic rings. The molecule has 0 aromatic heterocycles. The second-order valence-electron chi connectivity index (χ2n) is 5.14. The lowest BCUT2D eigenvalue weighted by molar-refractivity contribution is -0.162. The molecule has 25 heavy (non-hydrogen) atoms. The maximum atomic E-state index is 11.9. The number of primary amides is 1. The number of nitrogens with one attached hydrogen (secondary N) is 1. The van der Waals surface area contributed by atoms with Crippen molar-refractivity contribution in [3.05, 3.63) is 0 Å². The van der Waals surface area contributed by atoms with Gasteiger partial charge in [0.05, 0.1) is 27.2 Å². The average molecular weight is 360 g/mol. The minimum atomic E-state index is -1.45. The Bertz CT molecular complexity index is 504. The molecule has 0 aromatic rings. The molecule has 0 aliphatic carbocycles. The standard InChI is InChI=1S/C15H24N2O8/c1-5-25-10(19)7-6-9(18)17-12(13(16)20)8(2)11(14(21)23-3)15(22)24-4/h8,11-12H,5-7H2,1-4H3,(H2,16,20)(H,17,18)/t8-,12+/m0/s1. The summed E-state index contributed by atoms with van der Waals surface area (Å²) in [5, 5.41) is 2.32. The van der Waals surface area contributed by atoms with Crippen LogP contribution in [0.25, 0.3) is 0 Å². The number of hydrogen-bond acceptors (Lipinski definition) is 8. The van der Waals surface area contributed by atoms with Crippen LogP contribution in [-0.4, -0.2) is 56.6 Å². The van der Waals surface area contributed by atoms with E-state index in [0.717, 1.165) is 14.2 Å². The molecule has 0 heterocycles. The van der Waals surface area contributed by atoms with Crippen LogP contribution in [-0.2, 0) is 38.2 Å². The van der Waals surface area contributed by atoms with Gasteiger partial charge in [-0.1, -0.05) is 6.92 Å². The van der Waals surface area contributed by atoms with Gasteiger partial charge in [-0.3, -0.25) is 24.0 Å². The zero-order valence-electron chi connectivity index (χ0n) is 14.7. The first kappa shape index (κ1) is 22.4. The second-order valence-corrected chi connectivity index (χ2v) is 5.14. The van der Waals surface area contributed by atoms with E-state index in [1.54, 1.807) is 6.92 Å². The smallest absolute Gasteiger partial charge is 0.320 e. The Balaban J connectivity index is 5.09. The fraction of sp³-hybridized carbons (Fsp3) is 0.667. The number of methoxy groups -OCH3 is 2. The van der Waals surface area contributed by atoms with Crippen molar-refractivity contribution in [3.63, 3.8) is 0 Å². The summed E-state index contributed by atoms with van der Waals surface area (Å²) in [4.78, 5) is 58.4. The van der Waals surface area contributed by atoms with Crippen molar-refractivity contribution < 1.29 is 38.2 Å². The summed E-state index contributed by atoms with van der Waals surface area (Å²) in [6.07, 6.45) is -0.423. The monoisotopic (exact) mass is 360 g/mol. The molecule has 0 aliphatic heterocycles. The Hall–Kier alpha value is -2.65. The molecule has 0 fully saturated rings. The van der Waals surface area contributed by atoms with E-state index in [1.165, 1.54) is 6.92 Å². The third-order valence-electron chi connectivity index (χ3n) is 3.45. The maximum Gasteiger partial charge on any atom is 0.320 e. The third-order valence-corrected chi connectivity index (χ3v) is 3.45. The molecule has 0 bridgehead atoms. The highest BCUT2D eigenvalue weighted by atomic mass is 16.5. The second kappa shape index (κ2) is 11.0. The van der Waals surface area contributed by atoms with Gasteiger partial charge in [-0.05, 0) is 6.92 Å². The van der Waals surface area contributed by atoms with E-state index in [-0.39, 0.29) is 19.4 Å². The van der Waals surface area contributed by atoms with Gasteiger partial charge in [0.15, 0.2) is 5.92 Å². The third kappa shape index (κ3) is 7.19. The molecule has 2 amide bonds. The van der Waals surface area contributed by atoms with Crippen LogP contribution in [0.15, 0.2) is 0 Å². The van der Waals surface area contributed by atoms with Crippen molar-refractivity contribution in [2.45, 2.75) is 32.7 Å². The number of hydrogen-bond donors (Lipinski definition) is 2. The van der Waals surface area contributed by atoms with Crippen LogP contribution in [0.5, 0.6) is 0 Å². The number of amides is 2. The quantitative estimate of drug-likeness (QED) is 0.283. The summed E-state index contributed by atoms with van der Waals surface area (Å²) in [6, 6.07) is -1.34. The molecule has 10 heteroatoms. The average Bonchev–Trinajstić information content (AvgIpc) is 2.57. The maximum absolute atomic E-state index is 11.9. The molecule has 10 nitrogen and oxygen atoms in total. The molecule has 0 saturated heterocycles. The molecule has 0 rings (SSSR count). The Morgan fingerprint density at radius 3 is 1.92 bits per heavy atom. The number of esters is 3. The van der Waals surface area contributed by atoms with E-state index in [1.807, 2.05) is 0 Å². The fourth-order valence-corrected chi connectivity index (χ4v) is 2.13. The van der Waals surface area contributed by atoms with Gasteiger partial charge >= 0.3 is 17.9 Å². The Morgan fingerprint density at radius 2 is 1.52 bits per heavy atom. The van der Waals surface area contributed by atoms with Gasteiger partial charge in [-0.15, -0.1) is 0 Å². The van der Waals surface area contributed by atoms with Crippen molar-refractivity contribution >= 4 is 29.7 Å². The summed E-state index contributed by atoms with van der Waals surface area (Å²) in [6.45, 7) is 3.18. The molecular formula is C15H24N2O8. The summed E-state index contributed by atoms with van der Waals surface area (Å²) in [5.41, 5.74) is 5.26. The number of rotatable bonds is 10. The lowest BCUT2D eigenvalue weighted by Crippen LogP contribution is -2.52. The predicted molar refractivity (Wildman–Crippen MR) is 83.7 cm³/mol. The van der Waals surface area contributed by atoms with E-state index < -0.39 is 47.6 Å². The van der Waals surface area contributed by atoms with Crippen molar-refractivity contribution in [1.29, 1.82) is 0 Å². The first-order chi connectivity index (χ1) is 11.7. The van der Waals surface area contributed by atoms with Gasteiger partial charge in [0.25, 0.3) is 0 Å². The minimum absolute atomic E-state index is 0.182. The number of nitrogens with two attached hydrogens (primary N) is 1. The molecule has 2 atom stereocenters. The zero-order chi connectivity index (χ0) is 19.6. The molecule has 0 radical (unpaired) electrons. The molecular weight excluding hydrogens is 336 g/mol. The van der Waals surface area contributed by atoms with Gasteiger partial charge in [0, 0.05) is 12.3 Å². The van der Waals surface area contributed by atoms with Crippen LogP contribution < -0.4 is 11.1 Å². The molecule has 0 aromatic carbocycles. The van der Waals surface area contributed by atoms with Crippen molar-refractivity contribution in [3.8, 4) is 0 Å². The van der Waals surface area contributed by atoms with Crippen LogP contribution in [0.1, 0.15) is 26.7 Å². The Kier molecular flexibility index (Phi) is 9.83. The first-order valence-corrected chi connectivity index (χ1v) is 7.59. The predicted octanol–water partition coefficient (Wildman–Crippen LogP) is -1.10. The highest BCUT2D eigenvalue weighted by Crippen LogP contribution is 2.19. The van der Waals surface area contributed by atoms with Crippen LogP contribution in [0.2, 0.25) is 0 Å². The normalized spacial score (nSPS) is 12.7. The first-order valence-electron chi connectivity index (χ1n) is 7.59. The number of ether oxygens (including phenoxy) is 3. The van der Waals surface area contributed by atoms with E-state index in [0.29, 0.717) is 0 Å². The van der Waals surface area contributed by atoms with Gasteiger partial charge in [0.1, 0.15) is 6.04 Å². The van der Waals surface area contributed by atoms with E-state index in [2.05, 4.69) is 19.5 Å². The summed E-state index contributed by atoms with van der Waals surface area (Å²) < 4.78 is 13.8. The highest BCUT2D eigenvalue weighted by Gasteiger charge is 2.41. The van der Waals surface area contributed by atoms with E-state index >= 15 is 0 Å². The Morgan fingerprint density at radius 1 is 1.00 bits per heavy atom. The number of carbonyl (C=O) groups is 5. The van der Waals surface area contributed by atoms with Gasteiger partial charge in [-0.25, -0.2) is 0 Å². The zero-order valence-corrected chi connectivity index (χ0v) is 14.7. The summed E-state index contributed by atoms with van der Waals surface area (Å²) in [7, 11) is 2.14. The molecule has 0 saturated carbocycles. The van der Waals surface area contributed by atoms with Crippen molar-refractivity contribution in [2.75, 3.05) is 20.8 Å². The van der Waals surface area contributed by atoms with Gasteiger partial charge < -0.3 is 25.3 Å². The molecule has 0 unspecified atom stereocenters. The van der Waals surface area contributed by atoms with Crippen molar-refractivity contribution in [1.82, 2.24) is 5.32 Å². The van der Waals surface area contributed by atoms with E-state index in [4.69, 9.17) is 5.73 Å². The molecule has 0 spiro atoms. The topological polar surface area (TPSA) is 151 Å². The van der Waals surface area contributed by atoms with Crippen LogP contribution in [0.3, 0.4) is 0 Å². The largest absolute Gasteiger partial charge is 0.468 e. The highest BCUT2D eigenvalue weighted by molar-refractivity contribution is 5.97. The van der Waals surface area contributed by atoms with Gasteiger partial charge in [0.2, 0.25) is 11.8 Å².